The zero-order chi connectivity index (χ0) is 29.8. The lowest BCUT2D eigenvalue weighted by atomic mass is 9.82. The molecule has 4 atom stereocenters. The first-order valence-corrected chi connectivity index (χ1v) is 17.3. The Balaban J connectivity index is 1.35. The van der Waals surface area contributed by atoms with Gasteiger partial charge in [0.1, 0.15) is 11.5 Å². The molecule has 0 radical (unpaired) electrons. The van der Waals surface area contributed by atoms with E-state index in [1.165, 1.54) is 0 Å². The first-order valence-electron chi connectivity index (χ1n) is 14.3. The summed E-state index contributed by atoms with van der Waals surface area (Å²) < 4.78 is 17.8. The fourth-order valence-electron chi connectivity index (χ4n) is 7.06. The molecule has 2 amide bonds. The second-order valence-electron chi connectivity index (χ2n) is 11.8. The minimum absolute atomic E-state index is 0.0344. The van der Waals surface area contributed by atoms with Gasteiger partial charge in [-0.15, -0.1) is 0 Å². The van der Waals surface area contributed by atoms with E-state index in [2.05, 4.69) is 0 Å². The van der Waals surface area contributed by atoms with E-state index in [0.29, 0.717) is 35.8 Å². The van der Waals surface area contributed by atoms with E-state index < -0.39 is 20.0 Å². The van der Waals surface area contributed by atoms with Crippen LogP contribution < -0.4 is 19.3 Å². The molecule has 10 heteroatoms. The lowest BCUT2D eigenvalue weighted by Gasteiger charge is -2.32. The summed E-state index contributed by atoms with van der Waals surface area (Å²) in [5, 5.41) is 9.81. The van der Waals surface area contributed by atoms with E-state index >= 15 is 0 Å². The van der Waals surface area contributed by atoms with Gasteiger partial charge in [0.25, 0.3) is 11.8 Å². The van der Waals surface area contributed by atoms with Gasteiger partial charge in [-0.2, -0.15) is 0 Å². The molecule has 1 saturated heterocycles. The second-order valence-corrected chi connectivity index (χ2v) is 15.8. The van der Waals surface area contributed by atoms with Crippen LogP contribution >= 0.6 is 0 Å². The Morgan fingerprint density at radius 2 is 1.79 bits per heavy atom. The Bertz CT molecular complexity index is 1520. The zero-order valence-electron chi connectivity index (χ0n) is 24.2. The molecule has 9 nitrogen and oxygen atoms in total. The summed E-state index contributed by atoms with van der Waals surface area (Å²) in [4.78, 5) is 41.9. The predicted octanol–water partition coefficient (Wildman–Crippen LogP) is 4.48. The van der Waals surface area contributed by atoms with Gasteiger partial charge in [-0.25, -0.2) is 0 Å². The van der Waals surface area contributed by atoms with Crippen molar-refractivity contribution in [2.75, 3.05) is 30.1 Å². The number of para-hydroxylation sites is 2. The molecule has 1 spiro atoms. The number of anilines is 3. The van der Waals surface area contributed by atoms with Crippen LogP contribution in [-0.4, -0.2) is 56.5 Å². The Hall–Kier alpha value is -3.70. The fourth-order valence-corrected chi connectivity index (χ4v) is 9.66. The largest absolute Gasteiger partial charge is 0.497 e. The first kappa shape index (κ1) is 28.4. The highest BCUT2D eigenvalue weighted by molar-refractivity contribution is 6.71. The molecule has 2 N–H and O–H groups in total. The predicted molar refractivity (Wildman–Crippen MR) is 161 cm³/mol. The van der Waals surface area contributed by atoms with Crippen molar-refractivity contribution in [2.45, 2.75) is 50.2 Å². The molecule has 6 rings (SSSR count). The van der Waals surface area contributed by atoms with E-state index in [1.807, 2.05) is 86.7 Å². The van der Waals surface area contributed by atoms with Crippen LogP contribution in [0.25, 0.3) is 0 Å². The zero-order valence-corrected chi connectivity index (χ0v) is 25.2. The molecule has 0 unspecified atom stereocenters. The van der Waals surface area contributed by atoms with Crippen molar-refractivity contribution in [1.82, 2.24) is 0 Å². The number of ether oxygens (including phenoxy) is 3. The van der Waals surface area contributed by atoms with E-state index in [0.717, 1.165) is 16.8 Å². The van der Waals surface area contributed by atoms with E-state index in [1.54, 1.807) is 16.9 Å². The number of rotatable bonds is 7. The van der Waals surface area contributed by atoms with Crippen LogP contribution in [0.3, 0.4) is 0 Å². The van der Waals surface area contributed by atoms with Crippen LogP contribution in [0, 0.1) is 5.92 Å². The highest BCUT2D eigenvalue weighted by Crippen LogP contribution is 2.60. The number of hydrogen-bond acceptors (Lipinski definition) is 7. The summed E-state index contributed by atoms with van der Waals surface area (Å²) >= 11 is 0. The molecule has 0 aromatic heterocycles. The first-order chi connectivity index (χ1) is 20.1. The molecule has 0 bridgehead atoms. The van der Waals surface area contributed by atoms with E-state index in [9.17, 15) is 19.5 Å². The summed E-state index contributed by atoms with van der Waals surface area (Å²) in [6, 6.07) is 20.6. The molecule has 0 aliphatic carbocycles. The number of carbonyl (C=O) groups is 2. The van der Waals surface area contributed by atoms with E-state index in [-0.39, 0.29) is 36.5 Å². The molecule has 3 aromatic carbocycles. The smallest absolute Gasteiger partial charge is 0.269 e. The molecule has 3 aromatic rings. The number of nitrogens with zero attached hydrogens (tertiary/aromatic N) is 2. The summed E-state index contributed by atoms with van der Waals surface area (Å²) in [5.41, 5.74) is 2.18. The fraction of sp³-hybridized carbons (Fsp3) is 0.375. The van der Waals surface area contributed by atoms with Gasteiger partial charge < -0.3 is 29.0 Å². The van der Waals surface area contributed by atoms with Crippen LogP contribution in [0.2, 0.25) is 18.6 Å². The molecule has 3 aliphatic heterocycles. The van der Waals surface area contributed by atoms with Gasteiger partial charge in [0.15, 0.2) is 20.5 Å². The maximum absolute atomic E-state index is 14.5. The highest BCUT2D eigenvalue weighted by Gasteiger charge is 2.66. The van der Waals surface area contributed by atoms with Gasteiger partial charge in [0.2, 0.25) is 0 Å². The van der Waals surface area contributed by atoms with Crippen molar-refractivity contribution in [3.63, 3.8) is 0 Å². The standard InChI is InChI=1S/C32H36N2O7Si/c1-20-30(42(3,4)38)28(15-16-35)41-32(20)24-17-23(39-2)13-14-25(24)33(31(32)37)18-21-9-11-22(12-10-21)34-26-7-5-6-8-27(26)40-19-29(34)36/h5-14,17,20,28,30,35,38H,15-16,18-19H2,1-4H3/t20-,28+,30-,32+/m0/s1. The summed E-state index contributed by atoms with van der Waals surface area (Å²) in [6.07, 6.45) is -0.113. The molecule has 0 saturated carbocycles. The van der Waals surface area contributed by atoms with Crippen molar-refractivity contribution in [2.24, 2.45) is 5.92 Å². The quantitative estimate of drug-likeness (QED) is 0.392. The number of benzene rings is 3. The van der Waals surface area contributed by atoms with Gasteiger partial charge in [-0.1, -0.05) is 31.2 Å². The van der Waals surface area contributed by atoms with Crippen molar-refractivity contribution in [3.8, 4) is 11.5 Å². The number of fused-ring (bicyclic) bond motifs is 3. The van der Waals surface area contributed by atoms with Gasteiger partial charge in [-0.3, -0.25) is 14.5 Å². The SMILES string of the molecule is COc1ccc2c(c1)[C@@]1(O[C@H](CCO)[C@@H]([Si](C)(C)O)[C@@H]1C)C(=O)N2Cc1ccc(N2C(=O)COc3ccccc32)cc1. The topological polar surface area (TPSA) is 109 Å². The summed E-state index contributed by atoms with van der Waals surface area (Å²) in [6.45, 7) is 5.86. The van der Waals surface area contributed by atoms with Gasteiger partial charge in [-0.05, 0) is 67.5 Å². The Morgan fingerprint density at radius 3 is 2.48 bits per heavy atom. The molecular formula is C32H36N2O7Si. The Kier molecular flexibility index (Phi) is 7.13. The van der Waals surface area contributed by atoms with Gasteiger partial charge in [0.05, 0.1) is 31.1 Å². The lowest BCUT2D eigenvalue weighted by molar-refractivity contribution is -0.146. The number of hydrogen-bond donors (Lipinski definition) is 2. The van der Waals surface area contributed by atoms with Crippen LogP contribution in [0.4, 0.5) is 17.1 Å². The number of methoxy groups -OCH3 is 1. The van der Waals surface area contributed by atoms with E-state index in [4.69, 9.17) is 14.2 Å². The number of carbonyl (C=O) groups excluding carboxylic acids is 2. The maximum atomic E-state index is 14.5. The van der Waals surface area contributed by atoms with Gasteiger partial charge in [0, 0.05) is 29.3 Å². The van der Waals surface area contributed by atoms with Crippen LogP contribution in [0.5, 0.6) is 11.5 Å². The Morgan fingerprint density at radius 1 is 1.05 bits per heavy atom. The number of aliphatic hydroxyl groups is 1. The monoisotopic (exact) mass is 588 g/mol. The third-order valence-corrected chi connectivity index (χ3v) is 11.3. The highest BCUT2D eigenvalue weighted by atomic mass is 28.4. The maximum Gasteiger partial charge on any atom is 0.269 e. The lowest BCUT2D eigenvalue weighted by Crippen LogP contribution is -2.46. The Labute approximate surface area is 246 Å². The minimum Gasteiger partial charge on any atom is -0.497 e. The molecule has 3 aliphatic rings. The number of amides is 2. The average Bonchev–Trinajstić information content (AvgIpc) is 3.40. The molecular weight excluding hydrogens is 552 g/mol. The normalized spacial score (nSPS) is 25.0. The van der Waals surface area contributed by atoms with Crippen molar-refractivity contribution < 1.29 is 33.7 Å². The number of aliphatic hydroxyl groups excluding tert-OH is 1. The summed E-state index contributed by atoms with van der Waals surface area (Å²) in [7, 11) is -1.20. The van der Waals surface area contributed by atoms with Crippen molar-refractivity contribution >= 4 is 37.2 Å². The van der Waals surface area contributed by atoms with Crippen LogP contribution in [0.1, 0.15) is 24.5 Å². The molecule has 220 valence electrons. The third kappa shape index (κ3) is 4.41. The second kappa shape index (κ2) is 10.5. The third-order valence-electron chi connectivity index (χ3n) is 8.85. The van der Waals surface area contributed by atoms with Crippen LogP contribution in [0.15, 0.2) is 66.7 Å². The minimum atomic E-state index is -2.78. The molecule has 42 heavy (non-hydrogen) atoms. The molecule has 3 heterocycles. The summed E-state index contributed by atoms with van der Waals surface area (Å²) in [5.74, 6) is 0.595. The average molecular weight is 589 g/mol. The van der Waals surface area contributed by atoms with Crippen LogP contribution in [-0.2, 0) is 26.5 Å². The molecule has 1 fully saturated rings. The van der Waals surface area contributed by atoms with Crippen molar-refractivity contribution in [3.05, 3.63) is 77.9 Å². The van der Waals surface area contributed by atoms with Crippen molar-refractivity contribution in [1.29, 1.82) is 0 Å². The van der Waals surface area contributed by atoms with Gasteiger partial charge >= 0.3 is 0 Å².